The predicted molar refractivity (Wildman–Crippen MR) is 56.1 cm³/mol. The lowest BCUT2D eigenvalue weighted by Gasteiger charge is -2.25. The molecule has 82 valence electrons. The summed E-state index contributed by atoms with van der Waals surface area (Å²) in [5.74, 6) is 0.00574. The van der Waals surface area contributed by atoms with Crippen LogP contribution in [0.15, 0.2) is 0 Å². The molecule has 1 fully saturated rings. The van der Waals surface area contributed by atoms with E-state index >= 15 is 0 Å². The van der Waals surface area contributed by atoms with Gasteiger partial charge >= 0.3 is 5.97 Å². The lowest BCUT2D eigenvalue weighted by Crippen LogP contribution is -2.35. The SMILES string of the molecule is CCCOC(=O)C1(CCC)CCNC1. The molecule has 0 saturated carbocycles. The van der Waals surface area contributed by atoms with E-state index in [1.807, 2.05) is 6.92 Å². The lowest BCUT2D eigenvalue weighted by atomic mass is 9.82. The fourth-order valence-corrected chi connectivity index (χ4v) is 2.06. The molecule has 1 unspecified atom stereocenters. The molecule has 1 atom stereocenters. The molecule has 1 heterocycles. The normalized spacial score (nSPS) is 26.4. The molecule has 14 heavy (non-hydrogen) atoms. The summed E-state index contributed by atoms with van der Waals surface area (Å²) in [5, 5.41) is 3.25. The Bertz CT molecular complexity index is 186. The van der Waals surface area contributed by atoms with E-state index in [2.05, 4.69) is 12.2 Å². The van der Waals surface area contributed by atoms with E-state index in [-0.39, 0.29) is 11.4 Å². The third-order valence-corrected chi connectivity index (χ3v) is 2.84. The molecule has 0 aliphatic carbocycles. The molecule has 1 saturated heterocycles. The van der Waals surface area contributed by atoms with E-state index in [1.54, 1.807) is 0 Å². The van der Waals surface area contributed by atoms with Crippen molar-refractivity contribution < 1.29 is 9.53 Å². The number of carbonyl (C=O) groups is 1. The number of esters is 1. The molecule has 1 aliphatic heterocycles. The highest BCUT2D eigenvalue weighted by molar-refractivity contribution is 5.77. The average molecular weight is 199 g/mol. The summed E-state index contributed by atoms with van der Waals surface area (Å²) in [5.41, 5.74) is -0.218. The Kier molecular flexibility index (Phi) is 4.39. The second-order valence-electron chi connectivity index (χ2n) is 4.09. The van der Waals surface area contributed by atoms with Gasteiger partial charge in [-0.15, -0.1) is 0 Å². The van der Waals surface area contributed by atoms with Crippen LogP contribution in [0.1, 0.15) is 39.5 Å². The molecule has 0 bridgehead atoms. The minimum absolute atomic E-state index is 0.00574. The van der Waals surface area contributed by atoms with Crippen LogP contribution >= 0.6 is 0 Å². The maximum Gasteiger partial charge on any atom is 0.313 e. The van der Waals surface area contributed by atoms with Gasteiger partial charge in [-0.2, -0.15) is 0 Å². The minimum Gasteiger partial charge on any atom is -0.465 e. The van der Waals surface area contributed by atoms with Gasteiger partial charge in [0.15, 0.2) is 0 Å². The first kappa shape index (κ1) is 11.5. The fraction of sp³-hybridized carbons (Fsp3) is 0.909. The van der Waals surface area contributed by atoms with Crippen molar-refractivity contribution in [3.8, 4) is 0 Å². The maximum atomic E-state index is 11.9. The summed E-state index contributed by atoms with van der Waals surface area (Å²) in [4.78, 5) is 11.9. The van der Waals surface area contributed by atoms with Gasteiger partial charge < -0.3 is 10.1 Å². The largest absolute Gasteiger partial charge is 0.465 e. The highest BCUT2D eigenvalue weighted by Crippen LogP contribution is 2.32. The second-order valence-corrected chi connectivity index (χ2v) is 4.09. The van der Waals surface area contributed by atoms with Crippen LogP contribution in [0.3, 0.4) is 0 Å². The van der Waals surface area contributed by atoms with Crippen molar-refractivity contribution in [3.63, 3.8) is 0 Å². The summed E-state index contributed by atoms with van der Waals surface area (Å²) >= 11 is 0. The van der Waals surface area contributed by atoms with Crippen molar-refractivity contribution in [1.82, 2.24) is 5.32 Å². The zero-order chi connectivity index (χ0) is 10.4. The zero-order valence-corrected chi connectivity index (χ0v) is 9.27. The van der Waals surface area contributed by atoms with Crippen molar-refractivity contribution >= 4 is 5.97 Å². The standard InChI is InChI=1S/C11H21NO2/c1-3-5-11(6-7-12-9-11)10(13)14-8-4-2/h12H,3-9H2,1-2H3. The van der Waals surface area contributed by atoms with Crippen LogP contribution in [0.25, 0.3) is 0 Å². The smallest absolute Gasteiger partial charge is 0.313 e. The highest BCUT2D eigenvalue weighted by atomic mass is 16.5. The minimum atomic E-state index is -0.218. The zero-order valence-electron chi connectivity index (χ0n) is 9.27. The number of nitrogens with one attached hydrogen (secondary N) is 1. The Morgan fingerprint density at radius 3 is 2.71 bits per heavy atom. The summed E-state index contributed by atoms with van der Waals surface area (Å²) in [7, 11) is 0. The van der Waals surface area contributed by atoms with Crippen molar-refractivity contribution in [2.24, 2.45) is 5.41 Å². The molecule has 0 radical (unpaired) electrons. The Morgan fingerprint density at radius 2 is 2.21 bits per heavy atom. The monoisotopic (exact) mass is 199 g/mol. The Labute approximate surface area is 86.2 Å². The van der Waals surface area contributed by atoms with Gasteiger partial charge in [0.25, 0.3) is 0 Å². The van der Waals surface area contributed by atoms with E-state index in [9.17, 15) is 4.79 Å². The topological polar surface area (TPSA) is 38.3 Å². The Balaban J connectivity index is 2.52. The third kappa shape index (κ3) is 2.47. The summed E-state index contributed by atoms with van der Waals surface area (Å²) < 4.78 is 5.25. The van der Waals surface area contributed by atoms with Crippen LogP contribution in [0, 0.1) is 5.41 Å². The molecule has 0 spiro atoms. The van der Waals surface area contributed by atoms with Crippen LogP contribution in [-0.4, -0.2) is 25.7 Å². The van der Waals surface area contributed by atoms with Crippen LogP contribution in [-0.2, 0) is 9.53 Å². The van der Waals surface area contributed by atoms with Crippen molar-refractivity contribution in [1.29, 1.82) is 0 Å². The fourth-order valence-electron chi connectivity index (χ4n) is 2.06. The third-order valence-electron chi connectivity index (χ3n) is 2.84. The average Bonchev–Trinajstić information content (AvgIpc) is 2.64. The van der Waals surface area contributed by atoms with Gasteiger partial charge in [0.1, 0.15) is 0 Å². The quantitative estimate of drug-likeness (QED) is 0.685. The molecule has 1 aliphatic rings. The first-order chi connectivity index (χ1) is 6.75. The molecule has 0 aromatic carbocycles. The molecule has 0 amide bonds. The van der Waals surface area contributed by atoms with E-state index in [1.165, 1.54) is 0 Å². The van der Waals surface area contributed by atoms with Crippen LogP contribution in [0.4, 0.5) is 0 Å². The summed E-state index contributed by atoms with van der Waals surface area (Å²) in [6.45, 7) is 6.44. The number of ether oxygens (including phenoxy) is 1. The molecule has 3 heteroatoms. The predicted octanol–water partition coefficient (Wildman–Crippen LogP) is 1.72. The van der Waals surface area contributed by atoms with Crippen molar-refractivity contribution in [3.05, 3.63) is 0 Å². The van der Waals surface area contributed by atoms with Gasteiger partial charge in [-0.25, -0.2) is 0 Å². The Hall–Kier alpha value is -0.570. The molecule has 3 nitrogen and oxygen atoms in total. The van der Waals surface area contributed by atoms with Crippen LogP contribution in [0.2, 0.25) is 0 Å². The summed E-state index contributed by atoms with van der Waals surface area (Å²) in [6.07, 6.45) is 3.83. The number of hydrogen-bond donors (Lipinski definition) is 1. The number of hydrogen-bond acceptors (Lipinski definition) is 3. The van der Waals surface area contributed by atoms with Gasteiger partial charge in [0.2, 0.25) is 0 Å². The number of carbonyl (C=O) groups excluding carboxylic acids is 1. The molecule has 0 aromatic rings. The molecular formula is C11H21NO2. The summed E-state index contributed by atoms with van der Waals surface area (Å²) in [6, 6.07) is 0. The maximum absolute atomic E-state index is 11.9. The van der Waals surface area contributed by atoms with E-state index < -0.39 is 0 Å². The van der Waals surface area contributed by atoms with Gasteiger partial charge in [-0.1, -0.05) is 20.3 Å². The van der Waals surface area contributed by atoms with Gasteiger partial charge in [-0.05, 0) is 25.8 Å². The van der Waals surface area contributed by atoms with Crippen LogP contribution in [0.5, 0.6) is 0 Å². The van der Waals surface area contributed by atoms with Crippen molar-refractivity contribution in [2.45, 2.75) is 39.5 Å². The molecule has 1 rings (SSSR count). The number of rotatable bonds is 5. The van der Waals surface area contributed by atoms with Gasteiger partial charge in [-0.3, -0.25) is 4.79 Å². The van der Waals surface area contributed by atoms with E-state index in [0.29, 0.717) is 6.61 Å². The second kappa shape index (κ2) is 5.35. The van der Waals surface area contributed by atoms with E-state index in [0.717, 1.165) is 38.8 Å². The molecule has 0 aromatic heterocycles. The first-order valence-electron chi connectivity index (χ1n) is 5.63. The Morgan fingerprint density at radius 1 is 1.43 bits per heavy atom. The van der Waals surface area contributed by atoms with Gasteiger partial charge in [0.05, 0.1) is 12.0 Å². The van der Waals surface area contributed by atoms with Crippen LogP contribution < -0.4 is 5.32 Å². The van der Waals surface area contributed by atoms with Crippen molar-refractivity contribution in [2.75, 3.05) is 19.7 Å². The highest BCUT2D eigenvalue weighted by Gasteiger charge is 2.41. The molecule has 1 N–H and O–H groups in total. The molecular weight excluding hydrogens is 178 g/mol. The first-order valence-corrected chi connectivity index (χ1v) is 5.63. The lowest BCUT2D eigenvalue weighted by molar-refractivity contribution is -0.155. The van der Waals surface area contributed by atoms with E-state index in [4.69, 9.17) is 4.74 Å². The van der Waals surface area contributed by atoms with Gasteiger partial charge in [0, 0.05) is 6.54 Å².